The van der Waals surface area contributed by atoms with Gasteiger partial charge in [0.05, 0.1) is 0 Å². The van der Waals surface area contributed by atoms with Crippen molar-refractivity contribution >= 4 is 17.4 Å². The molecule has 3 nitrogen and oxygen atoms in total. The molecule has 0 amide bonds. The Balaban J connectivity index is 2.22. The topological polar surface area (TPSA) is 37.8 Å². The highest BCUT2D eigenvalue weighted by molar-refractivity contribution is 6.30. The Hall–Kier alpha value is -0.830. The summed E-state index contributed by atoms with van der Waals surface area (Å²) in [7, 11) is 0. The molecule has 1 fully saturated rings. The summed E-state index contributed by atoms with van der Waals surface area (Å²) in [6, 6.07) is 0.582. The van der Waals surface area contributed by atoms with Gasteiger partial charge in [-0.1, -0.05) is 11.6 Å². The smallest absolute Gasteiger partial charge is 0.137 e. The van der Waals surface area contributed by atoms with Gasteiger partial charge in [-0.25, -0.2) is 9.97 Å². The number of rotatable bonds is 2. The predicted octanol–water partition coefficient (Wildman–Crippen LogP) is 2.71. The third kappa shape index (κ3) is 1.82. The highest BCUT2D eigenvalue weighted by Gasteiger charge is 2.19. The van der Waals surface area contributed by atoms with Crippen LogP contribution in [0.25, 0.3) is 0 Å². The first kappa shape index (κ1) is 9.71. The molecular weight excluding hydrogens is 198 g/mol. The van der Waals surface area contributed by atoms with Gasteiger partial charge in [0.25, 0.3) is 0 Å². The molecule has 76 valence electrons. The van der Waals surface area contributed by atoms with Crippen LogP contribution < -0.4 is 5.32 Å². The van der Waals surface area contributed by atoms with Crippen LogP contribution in [0.1, 0.15) is 30.7 Å². The van der Waals surface area contributed by atoms with E-state index in [0.29, 0.717) is 11.2 Å². The van der Waals surface area contributed by atoms with Gasteiger partial charge < -0.3 is 5.32 Å². The van der Waals surface area contributed by atoms with Gasteiger partial charge in [0, 0.05) is 11.6 Å². The lowest BCUT2D eigenvalue weighted by Gasteiger charge is -2.27. The van der Waals surface area contributed by atoms with Crippen molar-refractivity contribution in [2.24, 2.45) is 0 Å². The Morgan fingerprint density at radius 3 is 2.57 bits per heavy atom. The molecular formula is C10H14ClN3. The lowest BCUT2D eigenvalue weighted by Crippen LogP contribution is -2.28. The molecule has 1 heterocycles. The van der Waals surface area contributed by atoms with Gasteiger partial charge in [0.2, 0.25) is 0 Å². The van der Waals surface area contributed by atoms with Gasteiger partial charge >= 0.3 is 0 Å². The van der Waals surface area contributed by atoms with Crippen LogP contribution in [0, 0.1) is 13.8 Å². The number of anilines is 1. The molecule has 0 bridgehead atoms. The molecule has 0 atom stereocenters. The molecule has 14 heavy (non-hydrogen) atoms. The fourth-order valence-corrected chi connectivity index (χ4v) is 1.69. The van der Waals surface area contributed by atoms with E-state index in [2.05, 4.69) is 15.3 Å². The first-order valence-electron chi connectivity index (χ1n) is 4.94. The fraction of sp³-hybridized carbons (Fsp3) is 0.600. The van der Waals surface area contributed by atoms with Crippen molar-refractivity contribution < 1.29 is 0 Å². The molecule has 0 aliphatic heterocycles. The Morgan fingerprint density at radius 1 is 1.29 bits per heavy atom. The van der Waals surface area contributed by atoms with E-state index in [1.807, 2.05) is 13.8 Å². The maximum atomic E-state index is 5.97. The molecule has 1 saturated carbocycles. The Kier molecular flexibility index (Phi) is 2.59. The second-order valence-corrected chi connectivity index (χ2v) is 4.17. The molecule has 0 saturated heterocycles. The second-order valence-electron chi connectivity index (χ2n) is 3.81. The van der Waals surface area contributed by atoms with Gasteiger partial charge in [-0.2, -0.15) is 0 Å². The van der Waals surface area contributed by atoms with Gasteiger partial charge in [-0.3, -0.25) is 0 Å². The summed E-state index contributed by atoms with van der Waals surface area (Å²) in [6.07, 6.45) is 3.79. The zero-order valence-corrected chi connectivity index (χ0v) is 9.23. The third-order valence-corrected chi connectivity index (χ3v) is 3.01. The first-order chi connectivity index (χ1) is 6.66. The quantitative estimate of drug-likeness (QED) is 0.765. The molecule has 1 aliphatic carbocycles. The standard InChI is InChI=1S/C10H14ClN3/c1-6-9(11)12-7(2)13-10(6)14-8-4-3-5-8/h8H,3-5H2,1-2H3,(H,12,13,14). The highest BCUT2D eigenvalue weighted by Crippen LogP contribution is 2.26. The molecule has 0 radical (unpaired) electrons. The summed E-state index contributed by atoms with van der Waals surface area (Å²) in [6.45, 7) is 3.81. The van der Waals surface area contributed by atoms with Gasteiger partial charge in [0.1, 0.15) is 16.8 Å². The van der Waals surface area contributed by atoms with Crippen molar-refractivity contribution in [3.05, 3.63) is 16.5 Å². The van der Waals surface area contributed by atoms with Crippen molar-refractivity contribution in [2.45, 2.75) is 39.2 Å². The van der Waals surface area contributed by atoms with E-state index in [-0.39, 0.29) is 0 Å². The zero-order chi connectivity index (χ0) is 10.1. The van der Waals surface area contributed by atoms with Crippen LogP contribution in [0.15, 0.2) is 0 Å². The maximum absolute atomic E-state index is 5.97. The first-order valence-corrected chi connectivity index (χ1v) is 5.32. The molecule has 0 aromatic carbocycles. The average molecular weight is 212 g/mol. The fourth-order valence-electron chi connectivity index (χ4n) is 1.48. The number of nitrogens with one attached hydrogen (secondary N) is 1. The number of halogens is 1. The van der Waals surface area contributed by atoms with Crippen LogP contribution in [-0.2, 0) is 0 Å². The van der Waals surface area contributed by atoms with Gasteiger partial charge in [-0.05, 0) is 33.1 Å². The van der Waals surface area contributed by atoms with Crippen LogP contribution in [0.3, 0.4) is 0 Å². The molecule has 1 aromatic heterocycles. The Morgan fingerprint density at radius 2 is 2.00 bits per heavy atom. The monoisotopic (exact) mass is 211 g/mol. The average Bonchev–Trinajstić information content (AvgIpc) is 2.05. The van der Waals surface area contributed by atoms with E-state index in [9.17, 15) is 0 Å². The summed E-state index contributed by atoms with van der Waals surface area (Å²) in [5, 5.41) is 3.95. The van der Waals surface area contributed by atoms with E-state index < -0.39 is 0 Å². The molecule has 1 N–H and O–H groups in total. The SMILES string of the molecule is Cc1nc(Cl)c(C)c(NC2CCC2)n1. The Labute approximate surface area is 88.9 Å². The Bertz CT molecular complexity index is 347. The maximum Gasteiger partial charge on any atom is 0.137 e. The van der Waals surface area contributed by atoms with Crippen molar-refractivity contribution in [1.82, 2.24) is 9.97 Å². The number of hydrogen-bond donors (Lipinski definition) is 1. The lowest BCUT2D eigenvalue weighted by atomic mass is 9.93. The minimum absolute atomic E-state index is 0.555. The van der Waals surface area contributed by atoms with Gasteiger partial charge in [0.15, 0.2) is 0 Å². The summed E-state index contributed by atoms with van der Waals surface area (Å²) >= 11 is 5.97. The van der Waals surface area contributed by atoms with Crippen molar-refractivity contribution in [3.8, 4) is 0 Å². The lowest BCUT2D eigenvalue weighted by molar-refractivity contribution is 0.444. The van der Waals surface area contributed by atoms with Crippen LogP contribution in [0.4, 0.5) is 5.82 Å². The zero-order valence-electron chi connectivity index (χ0n) is 8.47. The minimum Gasteiger partial charge on any atom is -0.367 e. The third-order valence-electron chi connectivity index (χ3n) is 2.64. The van der Waals surface area contributed by atoms with Gasteiger partial charge in [-0.15, -0.1) is 0 Å². The van der Waals surface area contributed by atoms with E-state index in [1.165, 1.54) is 19.3 Å². The van der Waals surface area contributed by atoms with Crippen LogP contribution in [0.2, 0.25) is 5.15 Å². The number of aromatic nitrogens is 2. The van der Waals surface area contributed by atoms with Crippen LogP contribution in [0.5, 0.6) is 0 Å². The molecule has 0 unspecified atom stereocenters. The number of nitrogens with zero attached hydrogens (tertiary/aromatic N) is 2. The highest BCUT2D eigenvalue weighted by atomic mass is 35.5. The normalized spacial score (nSPS) is 16.5. The predicted molar refractivity (Wildman–Crippen MR) is 57.8 cm³/mol. The summed E-state index contributed by atoms with van der Waals surface area (Å²) in [4.78, 5) is 8.45. The van der Waals surface area contributed by atoms with E-state index >= 15 is 0 Å². The molecule has 0 spiro atoms. The van der Waals surface area contributed by atoms with E-state index in [0.717, 1.165) is 17.2 Å². The summed E-state index contributed by atoms with van der Waals surface area (Å²) in [5.74, 6) is 1.62. The summed E-state index contributed by atoms with van der Waals surface area (Å²) < 4.78 is 0. The van der Waals surface area contributed by atoms with Crippen LogP contribution >= 0.6 is 11.6 Å². The molecule has 2 rings (SSSR count). The number of hydrogen-bond acceptors (Lipinski definition) is 3. The molecule has 4 heteroatoms. The van der Waals surface area contributed by atoms with Crippen molar-refractivity contribution in [1.29, 1.82) is 0 Å². The minimum atomic E-state index is 0.555. The van der Waals surface area contributed by atoms with Crippen LogP contribution in [-0.4, -0.2) is 16.0 Å². The summed E-state index contributed by atoms with van der Waals surface area (Å²) in [5.41, 5.74) is 0.948. The second kappa shape index (κ2) is 3.73. The molecule has 1 aliphatic rings. The van der Waals surface area contributed by atoms with Crippen molar-refractivity contribution in [3.63, 3.8) is 0 Å². The molecule has 1 aromatic rings. The van der Waals surface area contributed by atoms with E-state index in [4.69, 9.17) is 11.6 Å². The number of aryl methyl sites for hydroxylation is 1. The van der Waals surface area contributed by atoms with Crippen molar-refractivity contribution in [2.75, 3.05) is 5.32 Å². The largest absolute Gasteiger partial charge is 0.367 e. The van der Waals surface area contributed by atoms with E-state index in [1.54, 1.807) is 0 Å².